The van der Waals surface area contributed by atoms with Crippen LogP contribution in [0.15, 0.2) is 0 Å². The predicted octanol–water partition coefficient (Wildman–Crippen LogP) is 0.868. The number of hydrogen-bond donors (Lipinski definition) is 1. The summed E-state index contributed by atoms with van der Waals surface area (Å²) in [5.41, 5.74) is -0.896. The zero-order valence-electron chi connectivity index (χ0n) is 10.6. The molecule has 7 heteroatoms. The Kier molecular flexibility index (Phi) is 4.26. The first kappa shape index (κ1) is 14.8. The van der Waals surface area contributed by atoms with Crippen molar-refractivity contribution in [3.8, 4) is 0 Å². The smallest absolute Gasteiger partial charge is 0.418 e. The fraction of sp³-hybridized carbons (Fsp3) is 0.818. The molecule has 0 bridgehead atoms. The Labute approximate surface area is 104 Å². The molecule has 1 fully saturated rings. The molecule has 0 radical (unpaired) electrons. The minimum absolute atomic E-state index is 0.210. The van der Waals surface area contributed by atoms with Crippen molar-refractivity contribution in [2.24, 2.45) is 0 Å². The molecule has 0 spiro atoms. The Morgan fingerprint density at radius 3 is 2.61 bits per heavy atom. The Bertz CT molecular complexity index is 348. The van der Waals surface area contributed by atoms with Crippen LogP contribution >= 0.6 is 0 Å². The number of halogens is 2. The van der Waals surface area contributed by atoms with Gasteiger partial charge in [0.05, 0.1) is 18.2 Å². The molecule has 0 aromatic heterocycles. The van der Waals surface area contributed by atoms with E-state index in [0.717, 1.165) is 0 Å². The molecule has 2 unspecified atom stereocenters. The average molecular weight is 265 g/mol. The second-order valence-corrected chi connectivity index (χ2v) is 4.43. The van der Waals surface area contributed by atoms with Gasteiger partial charge in [-0.2, -0.15) is 8.78 Å². The second-order valence-electron chi connectivity index (χ2n) is 4.43. The van der Waals surface area contributed by atoms with Crippen molar-refractivity contribution < 1.29 is 27.8 Å². The molecule has 18 heavy (non-hydrogen) atoms. The van der Waals surface area contributed by atoms with E-state index in [1.807, 2.05) is 0 Å². The fourth-order valence-corrected chi connectivity index (χ4v) is 1.65. The average Bonchev–Trinajstić information content (AvgIpc) is 2.59. The van der Waals surface area contributed by atoms with Gasteiger partial charge < -0.3 is 14.8 Å². The highest BCUT2D eigenvalue weighted by atomic mass is 19.3. The van der Waals surface area contributed by atoms with Gasteiger partial charge in [0.15, 0.2) is 0 Å². The molecule has 1 N–H and O–H groups in total. The van der Waals surface area contributed by atoms with E-state index < -0.39 is 23.3 Å². The first-order valence-corrected chi connectivity index (χ1v) is 5.73. The van der Waals surface area contributed by atoms with Crippen LogP contribution < -0.4 is 5.32 Å². The molecule has 1 amide bonds. The zero-order valence-corrected chi connectivity index (χ0v) is 10.6. The predicted molar refractivity (Wildman–Crippen MR) is 58.2 cm³/mol. The molecule has 1 rings (SSSR count). The van der Waals surface area contributed by atoms with Crippen LogP contribution in [0.3, 0.4) is 0 Å². The van der Waals surface area contributed by atoms with Crippen molar-refractivity contribution in [3.63, 3.8) is 0 Å². The van der Waals surface area contributed by atoms with Gasteiger partial charge in [-0.1, -0.05) is 0 Å². The minimum atomic E-state index is -4.18. The first-order chi connectivity index (χ1) is 8.24. The third kappa shape index (κ3) is 2.77. The van der Waals surface area contributed by atoms with Crippen LogP contribution in [0.5, 0.6) is 0 Å². The highest BCUT2D eigenvalue weighted by molar-refractivity contribution is 6.04. The van der Waals surface area contributed by atoms with E-state index in [1.54, 1.807) is 13.8 Å². The topological polar surface area (TPSA) is 64.6 Å². The lowest BCUT2D eigenvalue weighted by Crippen LogP contribution is -2.57. The number of esters is 1. The third-order valence-electron chi connectivity index (χ3n) is 3.10. The van der Waals surface area contributed by atoms with Crippen molar-refractivity contribution in [2.45, 2.75) is 44.8 Å². The Balaban J connectivity index is 2.73. The van der Waals surface area contributed by atoms with Gasteiger partial charge in [-0.05, 0) is 27.2 Å². The van der Waals surface area contributed by atoms with Crippen LogP contribution in [-0.2, 0) is 19.1 Å². The van der Waals surface area contributed by atoms with Crippen LogP contribution in [-0.4, -0.2) is 42.7 Å². The summed E-state index contributed by atoms with van der Waals surface area (Å²) in [5, 5.41) is 2.17. The summed E-state index contributed by atoms with van der Waals surface area (Å²) in [6, 6.07) is 0. The number of carbonyl (C=O) groups is 2. The molecule has 0 aliphatic carbocycles. The van der Waals surface area contributed by atoms with E-state index in [1.165, 1.54) is 6.92 Å². The summed E-state index contributed by atoms with van der Waals surface area (Å²) in [4.78, 5) is 22.5. The molecule has 104 valence electrons. The number of amides is 1. The SMILES string of the molecule is CCOC(=O)C(F)(F)C(=O)NC1(C)CCOC1C. The van der Waals surface area contributed by atoms with Crippen LogP contribution in [0.4, 0.5) is 8.78 Å². The lowest BCUT2D eigenvalue weighted by atomic mass is 9.94. The van der Waals surface area contributed by atoms with Gasteiger partial charge in [0.1, 0.15) is 0 Å². The van der Waals surface area contributed by atoms with E-state index in [9.17, 15) is 18.4 Å². The van der Waals surface area contributed by atoms with Crippen LogP contribution in [0, 0.1) is 0 Å². The molecular weight excluding hydrogens is 248 g/mol. The van der Waals surface area contributed by atoms with Gasteiger partial charge in [-0.3, -0.25) is 4.79 Å². The van der Waals surface area contributed by atoms with Gasteiger partial charge in [0.2, 0.25) is 0 Å². The summed E-state index contributed by atoms with van der Waals surface area (Å²) in [6.45, 7) is 4.83. The molecule has 1 heterocycles. The maximum absolute atomic E-state index is 13.4. The molecule has 1 saturated heterocycles. The summed E-state index contributed by atoms with van der Waals surface area (Å²) < 4.78 is 36.2. The molecule has 2 atom stereocenters. The quantitative estimate of drug-likeness (QED) is 0.605. The molecular formula is C11H17F2NO4. The standard InChI is InChI=1S/C11H17F2NO4/c1-4-17-9(16)11(12,13)8(15)14-10(3)5-6-18-7(10)2/h7H,4-6H2,1-3H3,(H,14,15). The van der Waals surface area contributed by atoms with E-state index in [2.05, 4.69) is 10.1 Å². The number of ether oxygens (including phenoxy) is 2. The lowest BCUT2D eigenvalue weighted by molar-refractivity contribution is -0.178. The molecule has 0 saturated carbocycles. The zero-order chi connectivity index (χ0) is 14.0. The summed E-state index contributed by atoms with van der Waals surface area (Å²) in [6.07, 6.45) is 0.0261. The Hall–Kier alpha value is -1.24. The van der Waals surface area contributed by atoms with Gasteiger partial charge >= 0.3 is 17.8 Å². The van der Waals surface area contributed by atoms with Crippen LogP contribution in [0.1, 0.15) is 27.2 Å². The van der Waals surface area contributed by atoms with Crippen molar-refractivity contribution in [2.75, 3.05) is 13.2 Å². The number of carbonyl (C=O) groups excluding carboxylic acids is 2. The molecule has 0 aromatic rings. The number of rotatable bonds is 4. The maximum atomic E-state index is 13.4. The minimum Gasteiger partial charge on any atom is -0.461 e. The van der Waals surface area contributed by atoms with Crippen molar-refractivity contribution in [1.29, 1.82) is 0 Å². The number of alkyl halides is 2. The van der Waals surface area contributed by atoms with Crippen molar-refractivity contribution >= 4 is 11.9 Å². The Morgan fingerprint density at radius 2 is 2.17 bits per heavy atom. The monoisotopic (exact) mass is 265 g/mol. The van der Waals surface area contributed by atoms with Crippen LogP contribution in [0.25, 0.3) is 0 Å². The molecule has 1 aliphatic heterocycles. The fourth-order valence-electron chi connectivity index (χ4n) is 1.65. The molecule has 0 aromatic carbocycles. The number of nitrogens with one attached hydrogen (secondary N) is 1. The number of hydrogen-bond acceptors (Lipinski definition) is 4. The van der Waals surface area contributed by atoms with E-state index in [4.69, 9.17) is 4.74 Å². The van der Waals surface area contributed by atoms with Crippen molar-refractivity contribution in [3.05, 3.63) is 0 Å². The van der Waals surface area contributed by atoms with Gasteiger partial charge in [-0.25, -0.2) is 4.79 Å². The third-order valence-corrected chi connectivity index (χ3v) is 3.10. The van der Waals surface area contributed by atoms with Crippen LogP contribution in [0.2, 0.25) is 0 Å². The largest absolute Gasteiger partial charge is 0.461 e. The molecule has 5 nitrogen and oxygen atoms in total. The summed E-state index contributed by atoms with van der Waals surface area (Å²) in [7, 11) is 0. The van der Waals surface area contributed by atoms with Gasteiger partial charge in [0, 0.05) is 6.61 Å². The normalized spacial score (nSPS) is 27.9. The summed E-state index contributed by atoms with van der Waals surface area (Å²) in [5.74, 6) is -7.67. The first-order valence-electron chi connectivity index (χ1n) is 5.73. The van der Waals surface area contributed by atoms with E-state index in [0.29, 0.717) is 13.0 Å². The van der Waals surface area contributed by atoms with Gasteiger partial charge in [-0.15, -0.1) is 0 Å². The second kappa shape index (κ2) is 5.17. The van der Waals surface area contributed by atoms with Gasteiger partial charge in [0.25, 0.3) is 0 Å². The van der Waals surface area contributed by atoms with Crippen molar-refractivity contribution in [1.82, 2.24) is 5.32 Å². The Morgan fingerprint density at radius 1 is 1.56 bits per heavy atom. The highest BCUT2D eigenvalue weighted by Crippen LogP contribution is 2.27. The van der Waals surface area contributed by atoms with E-state index >= 15 is 0 Å². The molecule has 1 aliphatic rings. The lowest BCUT2D eigenvalue weighted by Gasteiger charge is -2.30. The van der Waals surface area contributed by atoms with E-state index in [-0.39, 0.29) is 12.7 Å². The summed E-state index contributed by atoms with van der Waals surface area (Å²) >= 11 is 0. The maximum Gasteiger partial charge on any atom is 0.418 e. The highest BCUT2D eigenvalue weighted by Gasteiger charge is 2.52.